The second-order valence-electron chi connectivity index (χ2n) is 3.73. The molecule has 0 saturated heterocycles. The Labute approximate surface area is 66.3 Å². The summed E-state index contributed by atoms with van der Waals surface area (Å²) in [6.07, 6.45) is 1.08. The minimum absolute atomic E-state index is 0.369. The largest absolute Gasteiger partial charge is 0.198 e. The highest BCUT2D eigenvalue weighted by Gasteiger charge is 2.11. The molecule has 1 aromatic rings. The molecule has 0 amide bonds. The van der Waals surface area contributed by atoms with Crippen LogP contribution in [0.25, 0.3) is 0 Å². The van der Waals surface area contributed by atoms with Crippen LogP contribution in [0.1, 0.15) is 26.5 Å². The summed E-state index contributed by atoms with van der Waals surface area (Å²) in [5, 5.41) is 2.03. The smallest absolute Gasteiger partial charge is 0.0547 e. The van der Waals surface area contributed by atoms with E-state index in [1.165, 1.54) is 17.2 Å². The molecule has 56 valence electrons. The van der Waals surface area contributed by atoms with Crippen molar-refractivity contribution < 1.29 is 0 Å². The van der Waals surface area contributed by atoms with Crippen LogP contribution in [0.4, 0.5) is 0 Å². The second kappa shape index (κ2) is 2.70. The van der Waals surface area contributed by atoms with Gasteiger partial charge in [-0.3, -0.25) is 0 Å². The van der Waals surface area contributed by atoms with Crippen LogP contribution in [0, 0.1) is 5.41 Å². The summed E-state index contributed by atoms with van der Waals surface area (Å²) >= 11 is 1.53. The van der Waals surface area contributed by atoms with Gasteiger partial charge in [0.2, 0.25) is 0 Å². The molecule has 0 unspecified atom stereocenters. The lowest BCUT2D eigenvalue weighted by Gasteiger charge is -2.15. The van der Waals surface area contributed by atoms with Gasteiger partial charge in [0.15, 0.2) is 0 Å². The first-order valence-electron chi connectivity index (χ1n) is 3.47. The van der Waals surface area contributed by atoms with E-state index in [1.54, 1.807) is 0 Å². The van der Waals surface area contributed by atoms with Crippen LogP contribution in [0.2, 0.25) is 0 Å². The van der Waals surface area contributed by atoms with Gasteiger partial charge in [-0.15, -0.1) is 0 Å². The third kappa shape index (κ3) is 2.48. The van der Waals surface area contributed by atoms with E-state index in [9.17, 15) is 0 Å². The highest BCUT2D eigenvalue weighted by atomic mass is 32.1. The number of hydrogen-bond donors (Lipinski definition) is 0. The molecule has 2 heteroatoms. The third-order valence-corrected chi connectivity index (χ3v) is 1.80. The number of aromatic nitrogens is 1. The van der Waals surface area contributed by atoms with Gasteiger partial charge in [-0.2, -0.15) is 4.37 Å². The summed E-state index contributed by atoms with van der Waals surface area (Å²) in [4.78, 5) is 0. The average molecular weight is 155 g/mol. The average Bonchev–Trinajstić information content (AvgIpc) is 2.12. The molecule has 10 heavy (non-hydrogen) atoms. The zero-order valence-electron chi connectivity index (χ0n) is 6.72. The van der Waals surface area contributed by atoms with Crippen molar-refractivity contribution in [3.63, 3.8) is 0 Å². The Bertz CT molecular complexity index is 184. The quantitative estimate of drug-likeness (QED) is 0.607. The lowest BCUT2D eigenvalue weighted by atomic mass is 9.91. The van der Waals surface area contributed by atoms with Gasteiger partial charge in [-0.1, -0.05) is 20.8 Å². The molecule has 0 aliphatic heterocycles. The fourth-order valence-electron chi connectivity index (χ4n) is 0.872. The van der Waals surface area contributed by atoms with Crippen molar-refractivity contribution in [1.29, 1.82) is 0 Å². The van der Waals surface area contributed by atoms with E-state index in [2.05, 4.69) is 31.2 Å². The molecule has 0 N–H and O–H groups in total. The maximum absolute atomic E-state index is 4.24. The molecule has 0 aliphatic carbocycles. The second-order valence-corrected chi connectivity index (χ2v) is 4.39. The maximum atomic E-state index is 4.24. The Morgan fingerprint density at radius 2 is 2.20 bits per heavy atom. The minimum atomic E-state index is 0.369. The summed E-state index contributed by atoms with van der Waals surface area (Å²) in [5.74, 6) is 0. The van der Waals surface area contributed by atoms with Crippen LogP contribution >= 0.6 is 11.5 Å². The molecule has 0 bridgehead atoms. The molecule has 0 fully saturated rings. The Morgan fingerprint density at radius 1 is 1.50 bits per heavy atom. The van der Waals surface area contributed by atoms with Crippen LogP contribution in [-0.2, 0) is 6.42 Å². The van der Waals surface area contributed by atoms with Crippen molar-refractivity contribution in [1.82, 2.24) is 4.37 Å². The summed E-state index contributed by atoms with van der Waals surface area (Å²) in [6, 6.07) is 2.09. The van der Waals surface area contributed by atoms with Gasteiger partial charge in [0.05, 0.1) is 5.69 Å². The van der Waals surface area contributed by atoms with Crippen molar-refractivity contribution >= 4 is 11.5 Å². The molecule has 1 aromatic heterocycles. The summed E-state index contributed by atoms with van der Waals surface area (Å²) in [6.45, 7) is 6.69. The Morgan fingerprint density at radius 3 is 2.60 bits per heavy atom. The van der Waals surface area contributed by atoms with Crippen LogP contribution < -0.4 is 0 Å². The molecule has 0 radical (unpaired) electrons. The molecule has 1 nitrogen and oxygen atoms in total. The first kappa shape index (κ1) is 7.73. The fraction of sp³-hybridized carbons (Fsp3) is 0.625. The summed E-state index contributed by atoms with van der Waals surface area (Å²) in [5.41, 5.74) is 1.59. The van der Waals surface area contributed by atoms with Gasteiger partial charge < -0.3 is 0 Å². The molecule has 0 atom stereocenters. The highest BCUT2D eigenvalue weighted by molar-refractivity contribution is 7.03. The van der Waals surface area contributed by atoms with E-state index in [-0.39, 0.29) is 0 Å². The van der Waals surface area contributed by atoms with Crippen LogP contribution in [0.15, 0.2) is 11.4 Å². The normalized spacial score (nSPS) is 11.9. The molecule has 0 spiro atoms. The van der Waals surface area contributed by atoms with Crippen LogP contribution in [-0.4, -0.2) is 4.37 Å². The molecular formula is C8H13NS. The van der Waals surface area contributed by atoms with Crippen molar-refractivity contribution in [2.24, 2.45) is 5.41 Å². The number of hydrogen-bond acceptors (Lipinski definition) is 2. The molecule has 1 rings (SSSR count). The van der Waals surface area contributed by atoms with Gasteiger partial charge in [0.1, 0.15) is 0 Å². The van der Waals surface area contributed by atoms with E-state index in [4.69, 9.17) is 0 Å². The minimum Gasteiger partial charge on any atom is -0.198 e. The lowest BCUT2D eigenvalue weighted by Crippen LogP contribution is -2.08. The third-order valence-electron chi connectivity index (χ3n) is 1.20. The van der Waals surface area contributed by atoms with E-state index in [0.29, 0.717) is 5.41 Å². The van der Waals surface area contributed by atoms with Crippen molar-refractivity contribution in [3.8, 4) is 0 Å². The Balaban J connectivity index is 2.57. The van der Waals surface area contributed by atoms with Crippen LogP contribution in [0.3, 0.4) is 0 Å². The van der Waals surface area contributed by atoms with E-state index >= 15 is 0 Å². The SMILES string of the molecule is CC(C)(C)Cc1ccsn1. The summed E-state index contributed by atoms with van der Waals surface area (Å²) in [7, 11) is 0. The van der Waals surface area contributed by atoms with Gasteiger partial charge >= 0.3 is 0 Å². The van der Waals surface area contributed by atoms with Gasteiger partial charge in [0.25, 0.3) is 0 Å². The molecular weight excluding hydrogens is 142 g/mol. The fourth-order valence-corrected chi connectivity index (χ4v) is 1.41. The molecule has 0 saturated carbocycles. The van der Waals surface area contributed by atoms with Crippen molar-refractivity contribution in [2.45, 2.75) is 27.2 Å². The zero-order chi connectivity index (χ0) is 7.61. The van der Waals surface area contributed by atoms with E-state index in [1.807, 2.05) is 5.38 Å². The van der Waals surface area contributed by atoms with Gasteiger partial charge in [-0.05, 0) is 29.4 Å². The monoisotopic (exact) mass is 155 g/mol. The van der Waals surface area contributed by atoms with Crippen molar-refractivity contribution in [3.05, 3.63) is 17.1 Å². The predicted octanol–water partition coefficient (Wildman–Crippen LogP) is 2.73. The first-order chi connectivity index (χ1) is 4.58. The standard InChI is InChI=1S/C8H13NS/c1-8(2,3)6-7-4-5-10-9-7/h4-5H,6H2,1-3H3. The van der Waals surface area contributed by atoms with E-state index in [0.717, 1.165) is 6.42 Å². The Hall–Kier alpha value is -0.370. The van der Waals surface area contributed by atoms with E-state index < -0.39 is 0 Å². The summed E-state index contributed by atoms with van der Waals surface area (Å²) < 4.78 is 4.24. The number of rotatable bonds is 1. The van der Waals surface area contributed by atoms with Crippen LogP contribution in [0.5, 0.6) is 0 Å². The molecule has 0 aliphatic rings. The van der Waals surface area contributed by atoms with Crippen molar-refractivity contribution in [2.75, 3.05) is 0 Å². The maximum Gasteiger partial charge on any atom is 0.0547 e. The number of nitrogens with zero attached hydrogens (tertiary/aromatic N) is 1. The molecule has 0 aromatic carbocycles. The van der Waals surface area contributed by atoms with Gasteiger partial charge in [-0.25, -0.2) is 0 Å². The Kier molecular flexibility index (Phi) is 2.09. The first-order valence-corrected chi connectivity index (χ1v) is 4.31. The predicted molar refractivity (Wildman–Crippen MR) is 45.3 cm³/mol. The molecule has 1 heterocycles. The van der Waals surface area contributed by atoms with Gasteiger partial charge in [0, 0.05) is 5.38 Å². The lowest BCUT2D eigenvalue weighted by molar-refractivity contribution is 0.408. The zero-order valence-corrected chi connectivity index (χ0v) is 7.53. The highest BCUT2D eigenvalue weighted by Crippen LogP contribution is 2.19. The topological polar surface area (TPSA) is 12.9 Å².